The van der Waals surface area contributed by atoms with Gasteiger partial charge in [-0.15, -0.1) is 12.4 Å². The Morgan fingerprint density at radius 3 is 2.28 bits per heavy atom. The molecule has 2 bridgehead atoms. The van der Waals surface area contributed by atoms with Crippen LogP contribution in [0.1, 0.15) is 104 Å². The van der Waals surface area contributed by atoms with Crippen molar-refractivity contribution in [2.75, 3.05) is 32.3 Å². The molecule has 1 amide bonds. The number of amides is 1. The molecule has 7 aliphatic rings. The van der Waals surface area contributed by atoms with Crippen LogP contribution in [0.4, 0.5) is 11.6 Å². The van der Waals surface area contributed by atoms with Crippen molar-refractivity contribution in [3.63, 3.8) is 0 Å². The van der Waals surface area contributed by atoms with E-state index in [-0.39, 0.29) is 77.6 Å². The number of esters is 1. The third-order valence-corrected chi connectivity index (χ3v) is 16.1. The number of fused-ring (bicyclic) bond motifs is 2. The number of aliphatic hydroxyl groups excluding tert-OH is 2. The van der Waals surface area contributed by atoms with Crippen LogP contribution in [0.25, 0.3) is 0 Å². The Balaban J connectivity index is 0.000000532. The number of methoxy groups -OCH3 is 2. The average molecular weight is 1140 g/mol. The van der Waals surface area contributed by atoms with Crippen LogP contribution in [0.3, 0.4) is 0 Å². The number of aromatic nitrogens is 2. The van der Waals surface area contributed by atoms with Crippen molar-refractivity contribution in [2.45, 2.75) is 191 Å². The minimum Gasteiger partial charge on any atom is -0.462 e. The fourth-order valence-corrected chi connectivity index (χ4v) is 11.5. The minimum absolute atomic E-state index is 0. The van der Waals surface area contributed by atoms with Crippen LogP contribution in [-0.4, -0.2) is 161 Å². The second-order valence-electron chi connectivity index (χ2n) is 21.4. The van der Waals surface area contributed by atoms with Crippen LogP contribution < -0.4 is 22.9 Å². The monoisotopic (exact) mass is 1140 g/mol. The van der Waals surface area contributed by atoms with Crippen molar-refractivity contribution in [1.82, 2.24) is 9.97 Å². The van der Waals surface area contributed by atoms with Crippen molar-refractivity contribution >= 4 is 53.5 Å². The number of hydrogen-bond donors (Lipinski definition) is 7. The van der Waals surface area contributed by atoms with E-state index in [1.54, 1.807) is 40.2 Å². The van der Waals surface area contributed by atoms with E-state index in [0.29, 0.717) is 43.3 Å². The Hall–Kier alpha value is -4.11. The Morgan fingerprint density at radius 2 is 1.60 bits per heavy atom. The Bertz CT molecular complexity index is 2460. The van der Waals surface area contributed by atoms with Crippen molar-refractivity contribution in [1.29, 1.82) is 0 Å². The van der Waals surface area contributed by atoms with E-state index in [9.17, 15) is 24.9 Å². The molecule has 11 N–H and O–H groups in total. The van der Waals surface area contributed by atoms with Gasteiger partial charge in [0.2, 0.25) is 0 Å². The first-order chi connectivity index (χ1) is 36.4. The number of anilines is 2. The highest BCUT2D eigenvalue weighted by molar-refractivity contribution is 6.31. The molecule has 7 heterocycles. The minimum atomic E-state index is -1.84. The van der Waals surface area contributed by atoms with Gasteiger partial charge >= 0.3 is 11.9 Å². The molecule has 0 saturated carbocycles. The Kier molecular flexibility index (Phi) is 21.6. The van der Waals surface area contributed by atoms with Crippen molar-refractivity contribution in [3.05, 3.63) is 70.1 Å². The molecule has 20 unspecified atom stereocenters. The number of nitrogens with zero attached hydrogens (tertiary/aromatic N) is 3. The average Bonchev–Trinajstić information content (AvgIpc) is 3.78. The third kappa shape index (κ3) is 14.0. The number of carbonyl (C=O) groups excluding carboxylic acids is 2. The summed E-state index contributed by atoms with van der Waals surface area (Å²) in [5.74, 6) is -4.06. The lowest BCUT2D eigenvalue weighted by molar-refractivity contribution is -0.318. The topological polar surface area (TPSA) is 329 Å². The van der Waals surface area contributed by atoms with Crippen LogP contribution in [-0.2, 0) is 52.2 Å². The summed E-state index contributed by atoms with van der Waals surface area (Å²) in [7, 11) is 3.22. The lowest BCUT2D eigenvalue weighted by Gasteiger charge is -2.48. The molecule has 20 atom stereocenters. The predicted molar refractivity (Wildman–Crippen MR) is 291 cm³/mol. The maximum absolute atomic E-state index is 14.3. The molecule has 0 aromatic carbocycles. The number of nitrogens with two attached hydrogens (primary N) is 4. The van der Waals surface area contributed by atoms with Gasteiger partial charge in [0.25, 0.3) is 0 Å². The zero-order valence-electron chi connectivity index (χ0n) is 46.1. The molecule has 436 valence electrons. The van der Waals surface area contributed by atoms with Gasteiger partial charge in [0.05, 0.1) is 49.3 Å². The summed E-state index contributed by atoms with van der Waals surface area (Å²) in [6.45, 7) is 16.1. The molecule has 1 aliphatic carbocycles. The number of halogens is 2. The fraction of sp³-hybridized carbons (Fsp3) is 0.685. The lowest BCUT2D eigenvalue weighted by atomic mass is 9.71. The molecule has 24 heteroatoms. The Labute approximate surface area is 467 Å². The van der Waals surface area contributed by atoms with E-state index >= 15 is 0 Å². The summed E-state index contributed by atoms with van der Waals surface area (Å²) < 4.78 is 63.7. The van der Waals surface area contributed by atoms with E-state index in [1.165, 1.54) is 0 Å². The summed E-state index contributed by atoms with van der Waals surface area (Å²) >= 11 is 5.55. The summed E-state index contributed by atoms with van der Waals surface area (Å²) in [6.07, 6.45) is 8.55. The smallest absolute Gasteiger partial charge is 0.316 e. The number of rotatable bonds is 9. The van der Waals surface area contributed by atoms with Crippen LogP contribution in [0.15, 0.2) is 64.2 Å². The number of allylic oxidation sites excluding steroid dienone is 2. The van der Waals surface area contributed by atoms with Crippen LogP contribution in [0.5, 0.6) is 0 Å². The maximum Gasteiger partial charge on any atom is 0.316 e. The highest BCUT2D eigenvalue weighted by Crippen LogP contribution is 2.47. The van der Waals surface area contributed by atoms with Gasteiger partial charge in [0.15, 0.2) is 46.8 Å². The highest BCUT2D eigenvalue weighted by Gasteiger charge is 2.60. The van der Waals surface area contributed by atoms with E-state index in [4.69, 9.17) is 81.9 Å². The molecule has 22 nitrogen and oxygen atoms in total. The molecular weight excluding hydrogens is 1060 g/mol. The SMILES string of the molecule is CCC(C)C1OC2(C=CC1C)CC1CC(CC=C(C)C(OC3CC(OC)C(OC4CC(OC)C(O)C(C)O4)C(C)O3)C(C)C=CC=C3COC4C(O)C(C)=CC(C(=O)O1)C34O)O2.Cl.NC(N)=NC(=O)c1nc(Cl)c(N)nc1N. The normalized spacial score (nSPS) is 39.2. The standard InChI is InChI=1S/C48H72O14.C6H8ClN7O.ClH/c1-11-25(2)43-28(5)17-18-47(62-43)23-34-20-33(61-47)16-15-27(4)42(26(3)13-12-14-32-24-55-45-40(49)29(6)19-35(46(51)58-34)48(32,45)52)59-39-22-37(54-10)44(31(8)57-39)60-38-21-36(53-9)41(50)30(7)56-38;7-2-4(9)13-3(8)1(12-2)5(15)14-6(10)11;/h12-15,17-19,25-26,28,30-31,33-45,49-50,52H,11,16,20-24H2,1-10H3;(H4,8,9,13)(H4,10,11,14,15);1H. The molecule has 8 rings (SSSR count). The van der Waals surface area contributed by atoms with E-state index in [0.717, 1.165) is 12.0 Å². The summed E-state index contributed by atoms with van der Waals surface area (Å²) in [6, 6.07) is 0. The van der Waals surface area contributed by atoms with Gasteiger partial charge in [-0.25, -0.2) is 9.97 Å². The molecule has 4 fully saturated rings. The van der Waals surface area contributed by atoms with Gasteiger partial charge in [0.1, 0.15) is 42.0 Å². The van der Waals surface area contributed by atoms with Gasteiger partial charge in [-0.05, 0) is 62.8 Å². The largest absolute Gasteiger partial charge is 0.462 e. The fourth-order valence-electron chi connectivity index (χ4n) is 11.3. The van der Waals surface area contributed by atoms with Gasteiger partial charge in [-0.2, -0.15) is 4.99 Å². The number of aliphatic imine (C=N–C) groups is 1. The second-order valence-corrected chi connectivity index (χ2v) is 21.8. The second kappa shape index (κ2) is 26.7. The van der Waals surface area contributed by atoms with Crippen molar-refractivity contribution in [2.24, 2.45) is 40.1 Å². The molecule has 1 spiro atoms. The van der Waals surface area contributed by atoms with Crippen molar-refractivity contribution in [3.8, 4) is 0 Å². The molecular formula is C54H81Cl2N7O15. The van der Waals surface area contributed by atoms with Crippen LogP contribution >= 0.6 is 24.0 Å². The van der Waals surface area contributed by atoms with Crippen LogP contribution in [0.2, 0.25) is 5.15 Å². The summed E-state index contributed by atoms with van der Waals surface area (Å²) in [5, 5.41) is 34.1. The van der Waals surface area contributed by atoms with Gasteiger partial charge in [-0.3, -0.25) is 9.59 Å². The molecule has 1 aromatic heterocycles. The molecule has 6 aliphatic heterocycles. The quantitative estimate of drug-likeness (QED) is 0.0774. The third-order valence-electron chi connectivity index (χ3n) is 15.8. The first-order valence-corrected chi connectivity index (χ1v) is 26.9. The number of carbonyl (C=O) groups is 2. The molecule has 1 aromatic rings. The van der Waals surface area contributed by atoms with Gasteiger partial charge in [0, 0.05) is 51.7 Å². The first-order valence-electron chi connectivity index (χ1n) is 26.5. The predicted octanol–water partition coefficient (Wildman–Crippen LogP) is 4.51. The number of guanidine groups is 1. The molecule has 78 heavy (non-hydrogen) atoms. The lowest BCUT2D eigenvalue weighted by Crippen LogP contribution is -2.58. The maximum atomic E-state index is 14.3. The number of ether oxygens (including phenoxy) is 10. The van der Waals surface area contributed by atoms with E-state index in [2.05, 4.69) is 54.8 Å². The highest BCUT2D eigenvalue weighted by atomic mass is 35.5. The number of nitrogen functional groups attached to an aromatic ring is 2. The summed E-state index contributed by atoms with van der Waals surface area (Å²) in [5.41, 5.74) is 20.6. The number of aliphatic hydroxyl groups is 3. The molecule has 4 saturated heterocycles. The summed E-state index contributed by atoms with van der Waals surface area (Å²) in [4.78, 5) is 36.1. The van der Waals surface area contributed by atoms with E-state index < -0.39 is 103 Å². The molecule has 0 radical (unpaired) electrons. The van der Waals surface area contributed by atoms with Gasteiger partial charge in [-0.1, -0.05) is 82.2 Å². The van der Waals surface area contributed by atoms with E-state index in [1.807, 2.05) is 32.1 Å². The Morgan fingerprint density at radius 1 is 0.923 bits per heavy atom. The zero-order valence-corrected chi connectivity index (χ0v) is 47.6. The van der Waals surface area contributed by atoms with Gasteiger partial charge < -0.3 is 85.6 Å². The number of hydrogen-bond acceptors (Lipinski definition) is 19. The zero-order chi connectivity index (χ0) is 56.3. The van der Waals surface area contributed by atoms with Crippen molar-refractivity contribution < 1.29 is 72.3 Å². The first kappa shape index (κ1) is 63.1. The van der Waals surface area contributed by atoms with Crippen LogP contribution in [0, 0.1) is 23.7 Å².